The molecule has 0 aliphatic carbocycles. The lowest BCUT2D eigenvalue weighted by Gasteiger charge is -2.35. The second kappa shape index (κ2) is 6.08. The maximum absolute atomic E-state index is 11.2. The van der Waals surface area contributed by atoms with Gasteiger partial charge in [-0.1, -0.05) is 0 Å². The number of carbonyl (C=O) groups is 1. The third-order valence-electron chi connectivity index (χ3n) is 3.66. The van der Waals surface area contributed by atoms with Gasteiger partial charge < -0.3 is 10.0 Å². The molecule has 1 saturated heterocycles. The summed E-state index contributed by atoms with van der Waals surface area (Å²) in [6.07, 6.45) is 0.116. The van der Waals surface area contributed by atoms with Gasteiger partial charge in [0, 0.05) is 39.8 Å². The first-order valence-corrected chi connectivity index (χ1v) is 6.77. The van der Waals surface area contributed by atoms with Gasteiger partial charge in [-0.2, -0.15) is 5.10 Å². The number of piperazine rings is 1. The Morgan fingerprint density at radius 2 is 2.00 bits per heavy atom. The predicted molar refractivity (Wildman–Crippen MR) is 75.5 cm³/mol. The van der Waals surface area contributed by atoms with Gasteiger partial charge in [-0.05, 0) is 6.92 Å². The molecule has 1 aromatic heterocycles. The molecule has 0 aromatic carbocycles. The van der Waals surface area contributed by atoms with Crippen LogP contribution in [0, 0.1) is 17.0 Å². The Morgan fingerprint density at radius 3 is 2.52 bits per heavy atom. The van der Waals surface area contributed by atoms with Crippen LogP contribution >= 0.6 is 0 Å². The molecule has 1 N–H and O–H groups in total. The van der Waals surface area contributed by atoms with Crippen molar-refractivity contribution in [2.45, 2.75) is 13.3 Å². The van der Waals surface area contributed by atoms with Crippen molar-refractivity contribution >= 4 is 17.5 Å². The molecule has 0 amide bonds. The van der Waals surface area contributed by atoms with Gasteiger partial charge >= 0.3 is 11.7 Å². The number of hydrogen-bond donors (Lipinski definition) is 1. The normalized spacial score (nSPS) is 16.2. The van der Waals surface area contributed by atoms with Crippen LogP contribution in [-0.4, -0.2) is 63.4 Å². The van der Waals surface area contributed by atoms with Crippen molar-refractivity contribution in [3.05, 3.63) is 15.8 Å². The van der Waals surface area contributed by atoms with Crippen molar-refractivity contribution in [2.24, 2.45) is 7.05 Å². The van der Waals surface area contributed by atoms with E-state index < -0.39 is 10.9 Å². The number of aliphatic carboxylic acids is 1. The lowest BCUT2D eigenvalue weighted by Crippen LogP contribution is -2.47. The first kappa shape index (κ1) is 15.2. The molecule has 21 heavy (non-hydrogen) atoms. The van der Waals surface area contributed by atoms with Crippen molar-refractivity contribution in [2.75, 3.05) is 37.6 Å². The Hall–Kier alpha value is -2.16. The molecular formula is C12H19N5O4. The highest BCUT2D eigenvalue weighted by molar-refractivity contribution is 5.66. The van der Waals surface area contributed by atoms with Gasteiger partial charge in [0.15, 0.2) is 0 Å². The number of nitrogens with zero attached hydrogens (tertiary/aromatic N) is 5. The van der Waals surface area contributed by atoms with E-state index in [4.69, 9.17) is 5.11 Å². The van der Waals surface area contributed by atoms with Gasteiger partial charge in [0.05, 0.1) is 11.3 Å². The van der Waals surface area contributed by atoms with Crippen LogP contribution in [0.5, 0.6) is 0 Å². The highest BCUT2D eigenvalue weighted by atomic mass is 16.6. The number of nitro groups is 1. The lowest BCUT2D eigenvalue weighted by molar-refractivity contribution is -0.384. The molecule has 0 radical (unpaired) electrons. The number of carboxylic acids is 1. The summed E-state index contributed by atoms with van der Waals surface area (Å²) in [4.78, 5) is 25.4. The fraction of sp³-hybridized carbons (Fsp3) is 0.667. The van der Waals surface area contributed by atoms with Gasteiger partial charge in [-0.15, -0.1) is 0 Å². The smallest absolute Gasteiger partial charge is 0.333 e. The van der Waals surface area contributed by atoms with Crippen LogP contribution in [0.25, 0.3) is 0 Å². The summed E-state index contributed by atoms with van der Waals surface area (Å²) >= 11 is 0. The number of hydrogen-bond acceptors (Lipinski definition) is 6. The maximum Gasteiger partial charge on any atom is 0.333 e. The first-order chi connectivity index (χ1) is 9.90. The third-order valence-corrected chi connectivity index (χ3v) is 3.66. The molecule has 2 heterocycles. The molecule has 116 valence electrons. The molecule has 1 fully saturated rings. The minimum absolute atomic E-state index is 0.0523. The number of rotatable bonds is 5. The second-order valence-electron chi connectivity index (χ2n) is 5.11. The maximum atomic E-state index is 11.2. The van der Waals surface area contributed by atoms with E-state index in [0.29, 0.717) is 44.2 Å². The predicted octanol–water partition coefficient (Wildman–Crippen LogP) is 0.233. The quantitative estimate of drug-likeness (QED) is 0.612. The highest BCUT2D eigenvalue weighted by Gasteiger charge is 2.30. The van der Waals surface area contributed by atoms with E-state index in [-0.39, 0.29) is 12.1 Å². The van der Waals surface area contributed by atoms with Crippen molar-refractivity contribution in [1.29, 1.82) is 0 Å². The molecule has 1 aromatic rings. The number of aryl methyl sites for hydroxylation is 2. The SMILES string of the molecule is Cc1nn(C)c(N2CCN(CCC(=O)O)CC2)c1[N+](=O)[O-]. The van der Waals surface area contributed by atoms with E-state index in [2.05, 4.69) is 10.00 Å². The molecule has 0 atom stereocenters. The highest BCUT2D eigenvalue weighted by Crippen LogP contribution is 2.31. The van der Waals surface area contributed by atoms with Crippen molar-refractivity contribution in [3.8, 4) is 0 Å². The van der Waals surface area contributed by atoms with Crippen LogP contribution in [0.2, 0.25) is 0 Å². The average Bonchev–Trinajstić information content (AvgIpc) is 2.72. The summed E-state index contributed by atoms with van der Waals surface area (Å²) in [5, 5.41) is 24.0. The fourth-order valence-corrected chi connectivity index (χ4v) is 2.64. The molecule has 0 saturated carbocycles. The van der Waals surface area contributed by atoms with Gasteiger partial charge in [0.2, 0.25) is 5.82 Å². The summed E-state index contributed by atoms with van der Waals surface area (Å²) < 4.78 is 1.54. The zero-order chi connectivity index (χ0) is 15.6. The topological polar surface area (TPSA) is 105 Å². The van der Waals surface area contributed by atoms with E-state index in [9.17, 15) is 14.9 Å². The largest absolute Gasteiger partial charge is 0.481 e. The van der Waals surface area contributed by atoms with Crippen molar-refractivity contribution in [3.63, 3.8) is 0 Å². The van der Waals surface area contributed by atoms with Gasteiger partial charge in [-0.25, -0.2) is 4.68 Å². The summed E-state index contributed by atoms with van der Waals surface area (Å²) in [5.74, 6) is -0.286. The average molecular weight is 297 g/mol. The van der Waals surface area contributed by atoms with E-state index in [0.717, 1.165) is 0 Å². The van der Waals surface area contributed by atoms with E-state index in [1.165, 1.54) is 0 Å². The molecular weight excluding hydrogens is 278 g/mol. The summed E-state index contributed by atoms with van der Waals surface area (Å²) in [7, 11) is 1.70. The molecule has 9 heteroatoms. The Labute approximate surface area is 121 Å². The van der Waals surface area contributed by atoms with Crippen LogP contribution in [0.15, 0.2) is 0 Å². The first-order valence-electron chi connectivity index (χ1n) is 6.77. The van der Waals surface area contributed by atoms with Gasteiger partial charge in [-0.3, -0.25) is 19.8 Å². The molecule has 0 unspecified atom stereocenters. The molecule has 0 spiro atoms. The Morgan fingerprint density at radius 1 is 1.38 bits per heavy atom. The lowest BCUT2D eigenvalue weighted by atomic mass is 10.2. The van der Waals surface area contributed by atoms with Gasteiger partial charge in [0.1, 0.15) is 5.69 Å². The summed E-state index contributed by atoms with van der Waals surface area (Å²) in [6.45, 7) is 4.77. The van der Waals surface area contributed by atoms with E-state index >= 15 is 0 Å². The van der Waals surface area contributed by atoms with Crippen LogP contribution in [0.3, 0.4) is 0 Å². The standard InChI is InChI=1S/C12H19N5O4/c1-9-11(17(20)21)12(14(2)13-9)16-7-5-15(6-8-16)4-3-10(18)19/h3-8H2,1-2H3,(H,18,19). The van der Waals surface area contributed by atoms with E-state index in [1.807, 2.05) is 4.90 Å². The van der Waals surface area contributed by atoms with Crippen LogP contribution < -0.4 is 4.90 Å². The molecule has 2 rings (SSSR count). The van der Waals surface area contributed by atoms with E-state index in [1.54, 1.807) is 18.7 Å². The Kier molecular flexibility index (Phi) is 4.41. The fourth-order valence-electron chi connectivity index (χ4n) is 2.64. The zero-order valence-corrected chi connectivity index (χ0v) is 12.2. The number of aromatic nitrogens is 2. The summed E-state index contributed by atoms with van der Waals surface area (Å²) in [5.41, 5.74) is 0.460. The molecule has 1 aliphatic heterocycles. The Balaban J connectivity index is 2.06. The third kappa shape index (κ3) is 3.30. The van der Waals surface area contributed by atoms with Crippen LogP contribution in [0.4, 0.5) is 11.5 Å². The number of anilines is 1. The number of carboxylic acid groups (broad SMARTS) is 1. The zero-order valence-electron chi connectivity index (χ0n) is 12.2. The Bertz CT molecular complexity index is 548. The van der Waals surface area contributed by atoms with Crippen LogP contribution in [-0.2, 0) is 11.8 Å². The second-order valence-corrected chi connectivity index (χ2v) is 5.11. The summed E-state index contributed by atoms with van der Waals surface area (Å²) in [6, 6.07) is 0. The minimum atomic E-state index is -0.810. The molecule has 1 aliphatic rings. The van der Waals surface area contributed by atoms with Crippen LogP contribution in [0.1, 0.15) is 12.1 Å². The molecule has 9 nitrogen and oxygen atoms in total. The van der Waals surface area contributed by atoms with Crippen molar-refractivity contribution in [1.82, 2.24) is 14.7 Å². The van der Waals surface area contributed by atoms with Gasteiger partial charge in [0.25, 0.3) is 0 Å². The monoisotopic (exact) mass is 297 g/mol. The van der Waals surface area contributed by atoms with Crippen molar-refractivity contribution < 1.29 is 14.8 Å². The molecule has 0 bridgehead atoms. The minimum Gasteiger partial charge on any atom is -0.481 e.